The molecule has 1 aliphatic rings. The van der Waals surface area contributed by atoms with E-state index in [0.29, 0.717) is 5.01 Å². The highest BCUT2D eigenvalue weighted by Crippen LogP contribution is 2.25. The molecule has 0 aliphatic carbocycles. The number of aromatic amines is 1. The summed E-state index contributed by atoms with van der Waals surface area (Å²) < 4.78 is 63.9. The topological polar surface area (TPSA) is 257 Å². The van der Waals surface area contributed by atoms with Crippen molar-refractivity contribution >= 4 is 55.6 Å². The molecule has 1 aliphatic heterocycles. The van der Waals surface area contributed by atoms with Crippen LogP contribution in [0.15, 0.2) is 98.1 Å². The minimum atomic E-state index is -4.51. The summed E-state index contributed by atoms with van der Waals surface area (Å²) in [6.07, 6.45) is 5.86. The van der Waals surface area contributed by atoms with Crippen LogP contribution in [0.4, 0.5) is 5.69 Å². The normalized spacial score (nSPS) is 15.1. The highest BCUT2D eigenvalue weighted by molar-refractivity contribution is 7.86. The van der Waals surface area contributed by atoms with E-state index < -0.39 is 64.8 Å². The first-order valence-corrected chi connectivity index (χ1v) is 14.4. The van der Waals surface area contributed by atoms with Crippen LogP contribution in [-0.2, 0) is 29.8 Å². The van der Waals surface area contributed by atoms with Gasteiger partial charge in [-0.25, -0.2) is 9.48 Å². The minimum absolute atomic E-state index is 0.00889. The lowest BCUT2D eigenvalue weighted by atomic mass is 10.1. The first kappa shape index (κ1) is 30.5. The van der Waals surface area contributed by atoms with Crippen LogP contribution in [0.1, 0.15) is 16.1 Å². The lowest BCUT2D eigenvalue weighted by Gasteiger charge is -2.11. The summed E-state index contributed by atoms with van der Waals surface area (Å²) in [5.74, 6) is -4.16. The van der Waals surface area contributed by atoms with Crippen LogP contribution in [0.25, 0.3) is 11.8 Å². The van der Waals surface area contributed by atoms with Gasteiger partial charge >= 0.3 is 5.97 Å². The number of H-pyrrole nitrogens is 1. The molecule has 0 saturated heterocycles. The number of hydrogen-bond donors (Lipinski definition) is 4. The van der Waals surface area contributed by atoms with Crippen molar-refractivity contribution in [2.24, 2.45) is 5.10 Å². The van der Waals surface area contributed by atoms with Crippen LogP contribution < -0.4 is 15.7 Å². The Balaban J connectivity index is 1.59. The first-order valence-electron chi connectivity index (χ1n) is 11.5. The third kappa shape index (κ3) is 6.41. The summed E-state index contributed by atoms with van der Waals surface area (Å²) in [5.41, 5.74) is -2.78. The van der Waals surface area contributed by atoms with Crippen LogP contribution in [0.3, 0.4) is 0 Å². The Bertz CT molecular complexity index is 2050. The minimum Gasteiger partial charge on any atom is -0.543 e. The van der Waals surface area contributed by atoms with Gasteiger partial charge in [0, 0.05) is 0 Å². The zero-order valence-corrected chi connectivity index (χ0v) is 22.8. The summed E-state index contributed by atoms with van der Waals surface area (Å²) in [4.78, 5) is 48.1. The average molecular weight is 630 g/mol. The lowest BCUT2D eigenvalue weighted by Crippen LogP contribution is -2.24. The van der Waals surface area contributed by atoms with Gasteiger partial charge in [-0.05, 0) is 60.7 Å². The van der Waals surface area contributed by atoms with Crippen LogP contribution in [0, 0.1) is 0 Å². The highest BCUT2D eigenvalue weighted by atomic mass is 32.2. The molecule has 3 aromatic rings. The van der Waals surface area contributed by atoms with E-state index >= 15 is 0 Å². The van der Waals surface area contributed by atoms with E-state index in [1.165, 1.54) is 18.2 Å². The molecule has 0 spiro atoms. The lowest BCUT2D eigenvalue weighted by molar-refractivity contribution is -0.255. The molecule has 0 radical (unpaired) electrons. The smallest absolute Gasteiger partial charge is 0.357 e. The molecule has 0 fully saturated rings. The molecule has 4 N–H and O–H groups in total. The molecule has 0 unspecified atom stereocenters. The van der Waals surface area contributed by atoms with E-state index in [1.807, 2.05) is 0 Å². The molecular formula is C25H17N4O12S2-. The fourth-order valence-corrected chi connectivity index (χ4v) is 4.69. The van der Waals surface area contributed by atoms with E-state index in [4.69, 9.17) is 9.11 Å². The summed E-state index contributed by atoms with van der Waals surface area (Å²) >= 11 is 0. The van der Waals surface area contributed by atoms with Gasteiger partial charge in [-0.2, -0.15) is 26.9 Å². The number of anilines is 1. The zero-order chi connectivity index (χ0) is 31.7. The number of nitrogens with one attached hydrogen (secondary N) is 1. The third-order valence-electron chi connectivity index (χ3n) is 5.73. The Hall–Kier alpha value is -5.43. The number of carboxylic acids is 2. The van der Waals surface area contributed by atoms with Crippen molar-refractivity contribution in [3.05, 3.63) is 100 Å². The van der Waals surface area contributed by atoms with Crippen molar-refractivity contribution in [2.45, 2.75) is 9.79 Å². The fraction of sp³-hybridized carbons (Fsp3) is 0. The average Bonchev–Trinajstić information content (AvgIpc) is 3.44. The van der Waals surface area contributed by atoms with E-state index in [2.05, 4.69) is 10.2 Å². The molecule has 2 heterocycles. The second-order valence-corrected chi connectivity index (χ2v) is 11.3. The van der Waals surface area contributed by atoms with Gasteiger partial charge in [-0.3, -0.25) is 23.8 Å². The van der Waals surface area contributed by atoms with Gasteiger partial charge in [0.05, 0.1) is 44.0 Å². The van der Waals surface area contributed by atoms with Crippen LogP contribution in [0.2, 0.25) is 0 Å². The van der Waals surface area contributed by atoms with Gasteiger partial charge in [-0.15, -0.1) is 0 Å². The number of nitrogens with zero attached hydrogens (tertiary/aromatic N) is 3. The number of rotatable bonds is 9. The second kappa shape index (κ2) is 11.4. The Morgan fingerprint density at radius 1 is 0.837 bits per heavy atom. The van der Waals surface area contributed by atoms with Crippen LogP contribution in [0.5, 0.6) is 0 Å². The SMILES string of the molecule is O=C(O)C1=NN(c2ccc(S(=O)(=O)O)cc2)C(=O)\C1=C/C=C/C=C/c1c(C(=O)[O-])[nH]n(-c2ccc(S(=O)(=O)O)cc2)c1=O. The van der Waals surface area contributed by atoms with Crippen molar-refractivity contribution in [3.8, 4) is 5.69 Å². The second-order valence-electron chi connectivity index (χ2n) is 8.46. The molecule has 222 valence electrons. The van der Waals surface area contributed by atoms with Gasteiger partial charge in [0.1, 0.15) is 0 Å². The van der Waals surface area contributed by atoms with Crippen molar-refractivity contribution < 1.29 is 50.5 Å². The van der Waals surface area contributed by atoms with Crippen molar-refractivity contribution in [1.29, 1.82) is 0 Å². The third-order valence-corrected chi connectivity index (χ3v) is 7.47. The van der Waals surface area contributed by atoms with E-state index in [-0.39, 0.29) is 22.5 Å². The van der Waals surface area contributed by atoms with Crippen LogP contribution >= 0.6 is 0 Å². The Kier molecular flexibility index (Phi) is 8.13. The van der Waals surface area contributed by atoms with Crippen molar-refractivity contribution in [1.82, 2.24) is 9.78 Å². The number of aliphatic carboxylic acids is 1. The maximum atomic E-state index is 12.9. The Morgan fingerprint density at radius 3 is 1.86 bits per heavy atom. The summed E-state index contributed by atoms with van der Waals surface area (Å²) in [5, 5.41) is 27.9. The predicted molar refractivity (Wildman–Crippen MR) is 146 cm³/mol. The highest BCUT2D eigenvalue weighted by Gasteiger charge is 2.34. The Morgan fingerprint density at radius 2 is 1.37 bits per heavy atom. The van der Waals surface area contributed by atoms with Gasteiger partial charge < -0.3 is 15.0 Å². The first-order chi connectivity index (χ1) is 20.1. The van der Waals surface area contributed by atoms with Gasteiger partial charge in [0.2, 0.25) is 0 Å². The molecule has 0 saturated carbocycles. The molecule has 0 atom stereocenters. The summed E-state index contributed by atoms with van der Waals surface area (Å²) in [6, 6.07) is 8.53. The van der Waals surface area contributed by atoms with E-state index in [1.54, 1.807) is 0 Å². The van der Waals surface area contributed by atoms with Gasteiger partial charge in [0.25, 0.3) is 31.7 Å². The van der Waals surface area contributed by atoms with Crippen LogP contribution in [-0.4, -0.2) is 64.4 Å². The summed E-state index contributed by atoms with van der Waals surface area (Å²) in [7, 11) is -9.01. The molecule has 43 heavy (non-hydrogen) atoms. The molecule has 16 nitrogen and oxygen atoms in total. The molecular weight excluding hydrogens is 612 g/mol. The largest absolute Gasteiger partial charge is 0.543 e. The molecule has 4 rings (SSSR count). The van der Waals surface area contributed by atoms with Gasteiger partial charge in [0.15, 0.2) is 5.71 Å². The number of amides is 1. The standard InChI is InChI=1S/C25H18N4O12S2/c30-22-18(20(24(32)33)26-28(22)14-6-10-16(11-7-14)42(36,37)38)4-2-1-3-5-19-21(25(34)35)27-29(23(19)31)15-8-12-17(13-9-15)43(39,40)41/h1-13,26H,(H,32,33)(H,34,35)(H,36,37,38)(H,39,40,41)/p-1/b3-1+,4-2+,19-5-. The number of benzene rings is 2. The summed E-state index contributed by atoms with van der Waals surface area (Å²) in [6.45, 7) is 0. The molecule has 1 amide bonds. The predicted octanol–water partition coefficient (Wildman–Crippen LogP) is 0.00570. The van der Waals surface area contributed by atoms with Crippen molar-refractivity contribution in [2.75, 3.05) is 5.01 Å². The zero-order valence-electron chi connectivity index (χ0n) is 21.2. The number of carbonyl (C=O) groups is 3. The molecule has 18 heteroatoms. The number of aromatic nitrogens is 2. The molecule has 2 aromatic carbocycles. The number of carboxylic acid groups (broad SMARTS) is 2. The maximum Gasteiger partial charge on any atom is 0.357 e. The maximum absolute atomic E-state index is 12.9. The quantitative estimate of drug-likeness (QED) is 0.139. The fourth-order valence-electron chi connectivity index (χ4n) is 3.73. The Labute approximate surface area is 241 Å². The molecule has 1 aromatic heterocycles. The molecule has 0 bridgehead atoms. The monoisotopic (exact) mass is 629 g/mol. The van der Waals surface area contributed by atoms with E-state index in [0.717, 1.165) is 65.4 Å². The van der Waals surface area contributed by atoms with Crippen molar-refractivity contribution in [3.63, 3.8) is 0 Å². The number of allylic oxidation sites excluding steroid dienone is 4. The number of carbonyl (C=O) groups excluding carboxylic acids is 2. The number of hydrogen-bond acceptors (Lipinski definition) is 10. The number of aromatic carboxylic acids is 1. The van der Waals surface area contributed by atoms with E-state index in [9.17, 15) is 46.2 Å². The van der Waals surface area contributed by atoms with Gasteiger partial charge in [-0.1, -0.05) is 18.2 Å². The number of hydrazone groups is 1.